The molecule has 28 heavy (non-hydrogen) atoms. The molecule has 1 aromatic carbocycles. The lowest BCUT2D eigenvalue weighted by atomic mass is 10.2. The average Bonchev–Trinajstić information content (AvgIpc) is 3.42. The van der Waals surface area contributed by atoms with Crippen molar-refractivity contribution in [3.8, 4) is 10.6 Å². The number of benzene rings is 1. The summed E-state index contributed by atoms with van der Waals surface area (Å²) in [6.45, 7) is 4.70. The summed E-state index contributed by atoms with van der Waals surface area (Å²) in [4.78, 5) is 14.0. The normalized spacial score (nSPS) is 14.7. The summed E-state index contributed by atoms with van der Waals surface area (Å²) in [5.74, 6) is 0.954. The van der Waals surface area contributed by atoms with Crippen LogP contribution in [0.2, 0.25) is 0 Å². The molecule has 1 aliphatic rings. The van der Waals surface area contributed by atoms with Crippen LogP contribution in [0.3, 0.4) is 0 Å². The van der Waals surface area contributed by atoms with Crippen LogP contribution in [0.4, 0.5) is 5.00 Å². The number of aromatic nitrogens is 1. The molecule has 0 saturated carbocycles. The topological polar surface area (TPSA) is 43.8 Å². The zero-order chi connectivity index (χ0) is 18.5. The molecular weight excluding hydrogens is 501 g/mol. The molecule has 0 bridgehead atoms. The van der Waals surface area contributed by atoms with Crippen molar-refractivity contribution in [3.05, 3.63) is 58.9 Å². The Hall–Kier alpha value is -1.65. The largest absolute Gasteiger partial charge is 0.360 e. The third-order valence-electron chi connectivity index (χ3n) is 4.61. The Kier molecular flexibility index (Phi) is 7.69. The van der Waals surface area contributed by atoms with Gasteiger partial charge in [-0.25, -0.2) is 4.98 Å². The minimum Gasteiger partial charge on any atom is -0.360 e. The molecule has 1 fully saturated rings. The lowest BCUT2D eigenvalue weighted by Gasteiger charge is -2.36. The number of halogens is 1. The van der Waals surface area contributed by atoms with Crippen LogP contribution < -0.4 is 10.2 Å². The Labute approximate surface area is 191 Å². The number of rotatable bonds is 4. The van der Waals surface area contributed by atoms with Crippen LogP contribution in [-0.2, 0) is 6.54 Å². The maximum absolute atomic E-state index is 4.75. The molecule has 3 heterocycles. The molecule has 0 spiro atoms. The molecule has 4 rings (SSSR count). The summed E-state index contributed by atoms with van der Waals surface area (Å²) in [6, 6.07) is 14.6. The Morgan fingerprint density at radius 3 is 2.54 bits per heavy atom. The molecule has 0 radical (unpaired) electrons. The molecule has 1 saturated heterocycles. The van der Waals surface area contributed by atoms with Crippen molar-refractivity contribution in [1.82, 2.24) is 15.2 Å². The molecule has 2 aromatic heterocycles. The number of nitrogens with zero attached hydrogens (tertiary/aromatic N) is 4. The fourth-order valence-corrected chi connectivity index (χ4v) is 4.80. The van der Waals surface area contributed by atoms with E-state index in [2.05, 4.69) is 55.1 Å². The molecule has 0 amide bonds. The second-order valence-corrected chi connectivity index (χ2v) is 8.12. The lowest BCUT2D eigenvalue weighted by Crippen LogP contribution is -2.52. The highest BCUT2D eigenvalue weighted by Gasteiger charge is 2.20. The second kappa shape index (κ2) is 10.2. The first-order valence-corrected chi connectivity index (χ1v) is 10.8. The van der Waals surface area contributed by atoms with Gasteiger partial charge in [0.25, 0.3) is 0 Å². The van der Waals surface area contributed by atoms with Crippen LogP contribution in [0.15, 0.2) is 58.2 Å². The van der Waals surface area contributed by atoms with E-state index in [0.717, 1.165) is 42.8 Å². The van der Waals surface area contributed by atoms with Crippen LogP contribution in [0.5, 0.6) is 0 Å². The Balaban J connectivity index is 0.00000225. The number of hydrogen-bond donors (Lipinski definition) is 1. The highest BCUT2D eigenvalue weighted by molar-refractivity contribution is 14.0. The van der Waals surface area contributed by atoms with Gasteiger partial charge >= 0.3 is 0 Å². The first-order chi connectivity index (χ1) is 13.3. The van der Waals surface area contributed by atoms with Gasteiger partial charge in [-0.3, -0.25) is 4.99 Å². The first kappa shape index (κ1) is 21.1. The molecule has 5 nitrogen and oxygen atoms in total. The van der Waals surface area contributed by atoms with Gasteiger partial charge in [-0.05, 0) is 17.5 Å². The SMILES string of the molecule is CN=C(NCc1csc(-c2ccccc2)n1)N1CCN(c2cccs2)CC1.I. The van der Waals surface area contributed by atoms with E-state index in [1.165, 1.54) is 10.6 Å². The molecule has 0 aliphatic carbocycles. The van der Waals surface area contributed by atoms with E-state index in [4.69, 9.17) is 4.98 Å². The van der Waals surface area contributed by atoms with E-state index in [-0.39, 0.29) is 24.0 Å². The van der Waals surface area contributed by atoms with E-state index in [9.17, 15) is 0 Å². The summed E-state index contributed by atoms with van der Waals surface area (Å²) >= 11 is 3.49. The maximum Gasteiger partial charge on any atom is 0.194 e. The van der Waals surface area contributed by atoms with Crippen molar-refractivity contribution in [2.45, 2.75) is 6.54 Å². The molecule has 148 valence electrons. The Morgan fingerprint density at radius 1 is 1.07 bits per heavy atom. The second-order valence-electron chi connectivity index (χ2n) is 6.34. The first-order valence-electron chi connectivity index (χ1n) is 9.07. The Morgan fingerprint density at radius 2 is 1.86 bits per heavy atom. The fourth-order valence-electron chi connectivity index (χ4n) is 3.19. The fraction of sp³-hybridized carbons (Fsp3) is 0.300. The quantitative estimate of drug-likeness (QED) is 0.312. The number of hydrogen-bond acceptors (Lipinski definition) is 5. The smallest absolute Gasteiger partial charge is 0.194 e. The van der Waals surface area contributed by atoms with Crippen LogP contribution in [-0.4, -0.2) is 49.1 Å². The van der Waals surface area contributed by atoms with Crippen molar-refractivity contribution < 1.29 is 0 Å². The van der Waals surface area contributed by atoms with Gasteiger partial charge in [-0.2, -0.15) is 0 Å². The van der Waals surface area contributed by atoms with E-state index >= 15 is 0 Å². The van der Waals surface area contributed by atoms with E-state index < -0.39 is 0 Å². The van der Waals surface area contributed by atoms with E-state index in [0.29, 0.717) is 6.54 Å². The summed E-state index contributed by atoms with van der Waals surface area (Å²) in [7, 11) is 1.85. The zero-order valence-electron chi connectivity index (χ0n) is 15.7. The number of thiazole rings is 1. The van der Waals surface area contributed by atoms with E-state index in [1.807, 2.05) is 36.6 Å². The third kappa shape index (κ3) is 5.03. The molecule has 8 heteroatoms. The number of piperazine rings is 1. The monoisotopic (exact) mass is 525 g/mol. The van der Waals surface area contributed by atoms with Gasteiger partial charge < -0.3 is 15.1 Å². The standard InChI is InChI=1S/C20H23N5S2.HI/c1-21-20(25-11-9-24(10-12-25)18-8-5-13-26-18)22-14-17-15-27-19(23-17)16-6-3-2-4-7-16;/h2-8,13,15H,9-12,14H2,1H3,(H,21,22);1H. The number of nitrogens with one attached hydrogen (secondary N) is 1. The predicted octanol–water partition coefficient (Wildman–Crippen LogP) is 4.39. The summed E-state index contributed by atoms with van der Waals surface area (Å²) in [6.07, 6.45) is 0. The van der Waals surface area contributed by atoms with E-state index in [1.54, 1.807) is 11.3 Å². The highest BCUT2D eigenvalue weighted by atomic mass is 127. The molecule has 1 N–H and O–H groups in total. The van der Waals surface area contributed by atoms with Crippen molar-refractivity contribution in [2.75, 3.05) is 38.1 Å². The average molecular weight is 525 g/mol. The van der Waals surface area contributed by atoms with Crippen LogP contribution in [0.25, 0.3) is 10.6 Å². The third-order valence-corrected chi connectivity index (χ3v) is 6.48. The molecule has 3 aromatic rings. The molecule has 1 aliphatic heterocycles. The summed E-state index contributed by atoms with van der Waals surface area (Å²) in [5.41, 5.74) is 2.22. The van der Waals surface area contributed by atoms with Crippen LogP contribution in [0, 0.1) is 0 Å². The summed E-state index contributed by atoms with van der Waals surface area (Å²) < 4.78 is 0. The molecule has 0 unspecified atom stereocenters. The van der Waals surface area contributed by atoms with Crippen molar-refractivity contribution in [3.63, 3.8) is 0 Å². The predicted molar refractivity (Wildman–Crippen MR) is 131 cm³/mol. The van der Waals surface area contributed by atoms with Crippen molar-refractivity contribution >= 4 is 57.6 Å². The maximum atomic E-state index is 4.75. The van der Waals surface area contributed by atoms with Crippen LogP contribution in [0.1, 0.15) is 5.69 Å². The van der Waals surface area contributed by atoms with Gasteiger partial charge in [0.15, 0.2) is 5.96 Å². The number of aliphatic imine (C=N–C) groups is 1. The number of guanidine groups is 1. The lowest BCUT2D eigenvalue weighted by molar-refractivity contribution is 0.373. The zero-order valence-corrected chi connectivity index (χ0v) is 19.7. The van der Waals surface area contributed by atoms with Gasteiger partial charge in [0, 0.05) is 44.2 Å². The highest BCUT2D eigenvalue weighted by Crippen LogP contribution is 2.24. The number of thiophene rings is 1. The minimum absolute atomic E-state index is 0. The van der Waals surface area contributed by atoms with Gasteiger partial charge in [-0.1, -0.05) is 30.3 Å². The summed E-state index contributed by atoms with van der Waals surface area (Å²) in [5, 5.41) is 10.2. The van der Waals surface area contributed by atoms with Gasteiger partial charge in [0.2, 0.25) is 0 Å². The van der Waals surface area contributed by atoms with Crippen molar-refractivity contribution in [1.29, 1.82) is 0 Å². The number of anilines is 1. The Bertz CT molecular complexity index is 871. The van der Waals surface area contributed by atoms with Gasteiger partial charge in [-0.15, -0.1) is 46.7 Å². The molecular formula is C20H24IN5S2. The van der Waals surface area contributed by atoms with Gasteiger partial charge in [0.1, 0.15) is 5.01 Å². The van der Waals surface area contributed by atoms with Crippen molar-refractivity contribution in [2.24, 2.45) is 4.99 Å². The van der Waals surface area contributed by atoms with Crippen LogP contribution >= 0.6 is 46.7 Å². The molecule has 0 atom stereocenters. The van der Waals surface area contributed by atoms with Gasteiger partial charge in [0.05, 0.1) is 17.2 Å². The minimum atomic E-state index is 0.